The second kappa shape index (κ2) is 26.6. The van der Waals surface area contributed by atoms with Crippen molar-refractivity contribution >= 4 is 35.1 Å². The van der Waals surface area contributed by atoms with Crippen molar-refractivity contribution in [3.63, 3.8) is 0 Å². The first-order chi connectivity index (χ1) is 35.4. The smallest absolute Gasteiger partial charge is 0.309 e. The molecule has 1 aromatic heterocycles. The molecule has 75 heavy (non-hydrogen) atoms. The van der Waals surface area contributed by atoms with Gasteiger partial charge in [0.1, 0.15) is 41.0 Å². The maximum atomic E-state index is 14.7. The molecule has 420 valence electrons. The highest BCUT2D eigenvalue weighted by Crippen LogP contribution is 2.56. The van der Waals surface area contributed by atoms with Gasteiger partial charge in [0.2, 0.25) is 5.91 Å². The van der Waals surface area contributed by atoms with E-state index < -0.39 is 84.7 Å². The Hall–Kier alpha value is -3.30. The van der Waals surface area contributed by atoms with Crippen molar-refractivity contribution in [2.75, 3.05) is 33.9 Å². The molecule has 14 nitrogen and oxygen atoms in total. The largest absolute Gasteiger partial charge is 0.459 e. The topological polar surface area (TPSA) is 165 Å². The van der Waals surface area contributed by atoms with Gasteiger partial charge < -0.3 is 48.8 Å². The molecule has 6 rings (SSSR count). The number of nitrogens with zero attached hydrogens (tertiary/aromatic N) is 4. The second-order valence-electron chi connectivity index (χ2n) is 23.9. The summed E-state index contributed by atoms with van der Waals surface area (Å²) < 4.78 is 34.3. The molecular formula is C60H96N4O10P+. The number of amides is 1. The molecule has 3 N–H and O–H groups in total. The Labute approximate surface area is 450 Å². The summed E-state index contributed by atoms with van der Waals surface area (Å²) >= 11 is 0. The lowest BCUT2D eigenvalue weighted by Gasteiger charge is -2.49. The maximum absolute atomic E-state index is 14.7. The number of unbranched alkanes of at least 4 members (excludes halogenated alkanes) is 4. The number of aromatic nitrogens is 2. The van der Waals surface area contributed by atoms with Gasteiger partial charge in [-0.1, -0.05) is 70.0 Å². The molecule has 0 saturated carbocycles. The molecule has 3 aliphatic rings. The van der Waals surface area contributed by atoms with Crippen LogP contribution in [-0.2, 0) is 40.3 Å². The molecule has 3 saturated heterocycles. The average molecular weight is 1060 g/mol. The third-order valence-electron chi connectivity index (χ3n) is 17.3. The van der Waals surface area contributed by atoms with E-state index in [1.165, 1.54) is 15.9 Å². The van der Waals surface area contributed by atoms with E-state index in [0.29, 0.717) is 25.8 Å². The number of rotatable bonds is 17. The van der Waals surface area contributed by atoms with Crippen molar-refractivity contribution in [1.29, 1.82) is 0 Å². The Morgan fingerprint density at radius 3 is 2.05 bits per heavy atom. The maximum Gasteiger partial charge on any atom is 0.309 e. The van der Waals surface area contributed by atoms with Gasteiger partial charge in [0, 0.05) is 58.0 Å². The Balaban J connectivity index is 1.22. The van der Waals surface area contributed by atoms with Crippen LogP contribution in [0.5, 0.6) is 0 Å². The summed E-state index contributed by atoms with van der Waals surface area (Å²) in [4.78, 5) is 33.4. The van der Waals surface area contributed by atoms with E-state index in [2.05, 4.69) is 97.9 Å². The number of carbonyl (C=O) groups is 2. The highest BCUT2D eigenvalue weighted by molar-refractivity contribution is 7.95. The molecule has 3 aromatic rings. The quantitative estimate of drug-likeness (QED) is 0.0680. The van der Waals surface area contributed by atoms with Gasteiger partial charge in [-0.3, -0.25) is 14.3 Å². The molecule has 1 amide bonds. The lowest BCUT2D eigenvalue weighted by atomic mass is 9.73. The summed E-state index contributed by atoms with van der Waals surface area (Å²) in [7, 11) is 5.69. The summed E-state index contributed by atoms with van der Waals surface area (Å²) in [5.41, 5.74) is -3.91. The summed E-state index contributed by atoms with van der Waals surface area (Å²) in [5.74, 6) is -2.04. The zero-order valence-electron chi connectivity index (χ0n) is 47.9. The minimum Gasteiger partial charge on any atom is -0.459 e. The fourth-order valence-corrected chi connectivity index (χ4v) is 17.1. The van der Waals surface area contributed by atoms with Gasteiger partial charge in [-0.05, 0) is 137 Å². The summed E-state index contributed by atoms with van der Waals surface area (Å²) in [6.45, 7) is 17.3. The fourth-order valence-electron chi connectivity index (χ4n) is 12.8. The molecule has 3 aliphatic heterocycles. The zero-order chi connectivity index (χ0) is 54.9. The second-order valence-corrected chi connectivity index (χ2v) is 27.5. The molecule has 0 spiro atoms. The number of aryl methyl sites for hydroxylation is 1. The van der Waals surface area contributed by atoms with E-state index in [9.17, 15) is 24.9 Å². The van der Waals surface area contributed by atoms with Gasteiger partial charge in [-0.25, -0.2) is 0 Å². The minimum absolute atomic E-state index is 0.00146. The average Bonchev–Trinajstić information content (AvgIpc) is 3.81. The summed E-state index contributed by atoms with van der Waals surface area (Å²) in [6, 6.07) is 21.6. The van der Waals surface area contributed by atoms with Crippen molar-refractivity contribution in [1.82, 2.24) is 19.6 Å². The number of esters is 1. The number of ether oxygens (including phenoxy) is 5. The van der Waals surface area contributed by atoms with Crippen LogP contribution in [0.15, 0.2) is 73.1 Å². The van der Waals surface area contributed by atoms with Crippen molar-refractivity contribution < 1.29 is 48.6 Å². The fraction of sp³-hybridized carbons (Fsp3) is 0.717. The molecule has 4 heterocycles. The number of aliphatic hydroxyl groups excluding tert-OH is 1. The molecule has 15 atom stereocenters. The Bertz CT molecular complexity index is 2190. The van der Waals surface area contributed by atoms with Gasteiger partial charge in [0.05, 0.1) is 60.1 Å². The normalized spacial score (nSPS) is 34.9. The minimum atomic E-state index is -1.98. The van der Waals surface area contributed by atoms with Crippen LogP contribution < -0.4 is 15.9 Å². The number of hydrogen-bond acceptors (Lipinski definition) is 12. The third kappa shape index (κ3) is 15.1. The van der Waals surface area contributed by atoms with Gasteiger partial charge in [0.25, 0.3) is 0 Å². The van der Waals surface area contributed by atoms with Crippen molar-refractivity contribution in [2.24, 2.45) is 24.8 Å². The van der Waals surface area contributed by atoms with Crippen LogP contribution in [0.3, 0.4) is 0 Å². The van der Waals surface area contributed by atoms with E-state index in [1.54, 1.807) is 21.0 Å². The molecule has 1 unspecified atom stereocenters. The van der Waals surface area contributed by atoms with E-state index in [4.69, 9.17) is 23.7 Å². The van der Waals surface area contributed by atoms with Crippen LogP contribution in [0.1, 0.15) is 146 Å². The van der Waals surface area contributed by atoms with Crippen LogP contribution in [0, 0.1) is 17.8 Å². The first-order valence-corrected chi connectivity index (χ1v) is 30.2. The predicted molar refractivity (Wildman–Crippen MR) is 299 cm³/mol. The molecule has 0 bridgehead atoms. The lowest BCUT2D eigenvalue weighted by molar-refractivity contribution is -0.263. The zero-order valence-corrected chi connectivity index (χ0v) is 48.8. The summed E-state index contributed by atoms with van der Waals surface area (Å²) in [6.07, 6.45) is 8.46. The van der Waals surface area contributed by atoms with E-state index >= 15 is 0 Å². The Morgan fingerprint density at radius 2 is 1.47 bits per heavy atom. The number of carbonyl (C=O) groups excluding carboxylic acids is 2. The van der Waals surface area contributed by atoms with Gasteiger partial charge >= 0.3 is 5.97 Å². The molecular weight excluding hydrogens is 968 g/mol. The van der Waals surface area contributed by atoms with Crippen LogP contribution in [-0.4, -0.2) is 152 Å². The third-order valence-corrected chi connectivity index (χ3v) is 21.7. The molecule has 15 heteroatoms. The van der Waals surface area contributed by atoms with E-state index in [1.807, 2.05) is 64.4 Å². The van der Waals surface area contributed by atoms with Crippen molar-refractivity contribution in [3.05, 3.63) is 73.1 Å². The Kier molecular flexibility index (Phi) is 21.6. The number of hydrogen-bond donors (Lipinski definition) is 3. The standard InChI is InChI=1S/C60H96N4O10P/c1-14-52-59(8,69)36-42(3)64(54(65)30-24-16-15-17-25-31-75(47-26-20-18-21-27-47,48-28-22-19-23-29-48)49-38-61-63(12)40-49)39-41(2)35-58(7,68)53(73-55-33-46(62(10)11)32-43(4)71-55)34-50(44(5)57(67)74-52)51-37-60(9,70-13)56(66)45(6)72-51/h18-23,26-29,38,40-46,50-53,55-56,66,68-69H,14-17,24-25,30-37,39H2,1-13H3/q+1/t41-,42-,43-,44-,45+,46+,50+,51?,52-,53-,55+,56+,58-,59+,60-/m1/s1. The van der Waals surface area contributed by atoms with Crippen molar-refractivity contribution in [2.45, 2.75) is 218 Å². The van der Waals surface area contributed by atoms with E-state index in [-0.39, 0.29) is 49.7 Å². The number of benzene rings is 2. The lowest BCUT2D eigenvalue weighted by Crippen LogP contribution is -2.59. The van der Waals surface area contributed by atoms with Gasteiger partial charge in [-0.2, -0.15) is 5.10 Å². The monoisotopic (exact) mass is 1060 g/mol. The number of cyclic esters (lactones) is 1. The van der Waals surface area contributed by atoms with E-state index in [0.717, 1.165) is 44.7 Å². The van der Waals surface area contributed by atoms with Crippen LogP contribution >= 0.6 is 7.26 Å². The number of methoxy groups -OCH3 is 1. The van der Waals surface area contributed by atoms with Crippen molar-refractivity contribution in [3.8, 4) is 0 Å². The van der Waals surface area contributed by atoms with Crippen LogP contribution in [0.25, 0.3) is 0 Å². The summed E-state index contributed by atoms with van der Waals surface area (Å²) in [5, 5.41) is 45.2. The molecule has 3 fully saturated rings. The molecule has 2 aromatic carbocycles. The predicted octanol–water partition coefficient (Wildman–Crippen LogP) is 7.95. The van der Waals surface area contributed by atoms with Gasteiger partial charge in [-0.15, -0.1) is 0 Å². The molecule has 0 aliphatic carbocycles. The SMILES string of the molecule is CC[C@H]1OC(=O)[C@H](C)[C@@H](C2C[C@@](C)(OC)[C@@H](O)[C@H](C)O2)C[C@@H](O[C@H]2C[C@@H](N(C)C)C[C@@H](C)O2)[C@](C)(O)C[C@@H](C)CN(C(=O)CCCCCCC[P+](c2ccccc2)(c2ccccc2)c2cnn(C)c2)[C@H](C)C[C@]1(C)O. The number of aliphatic hydroxyl groups is 3. The highest BCUT2D eigenvalue weighted by Gasteiger charge is 2.52. The highest BCUT2D eigenvalue weighted by atomic mass is 31.2. The molecule has 0 radical (unpaired) electrons. The van der Waals surface area contributed by atoms with Crippen LogP contribution in [0.4, 0.5) is 0 Å². The first-order valence-electron chi connectivity index (χ1n) is 28.2. The Morgan fingerprint density at radius 1 is 0.840 bits per heavy atom. The first kappa shape index (κ1) is 60.9. The van der Waals surface area contributed by atoms with Crippen LogP contribution in [0.2, 0.25) is 0 Å². The van der Waals surface area contributed by atoms with Gasteiger partial charge in [0.15, 0.2) is 6.29 Å².